The first-order valence-corrected chi connectivity index (χ1v) is 9.01. The average Bonchev–Trinajstić information content (AvgIpc) is 3.23. The molecule has 0 saturated carbocycles. The second kappa shape index (κ2) is 8.67. The molecule has 0 fully saturated rings. The normalized spacial score (nSPS) is 12.0. The first-order chi connectivity index (χ1) is 13.5. The van der Waals surface area contributed by atoms with Crippen LogP contribution < -0.4 is 10.1 Å². The van der Waals surface area contributed by atoms with Gasteiger partial charge in [-0.3, -0.25) is 9.69 Å². The molecular weight excluding hydrogens is 356 g/mol. The third-order valence-electron chi connectivity index (χ3n) is 4.67. The lowest BCUT2D eigenvalue weighted by atomic mass is 10.1. The molecule has 28 heavy (non-hydrogen) atoms. The molecule has 0 aliphatic carbocycles. The summed E-state index contributed by atoms with van der Waals surface area (Å²) in [4.78, 5) is 13.8. The van der Waals surface area contributed by atoms with Crippen molar-refractivity contribution in [2.75, 3.05) is 21.2 Å². The Labute approximate surface area is 164 Å². The Morgan fingerprint density at radius 3 is 2.43 bits per heavy atom. The van der Waals surface area contributed by atoms with Gasteiger partial charge in [0.15, 0.2) is 0 Å². The maximum Gasteiger partial charge on any atom is 0.251 e. The van der Waals surface area contributed by atoms with Crippen molar-refractivity contribution >= 4 is 5.91 Å². The number of rotatable bonds is 7. The molecule has 3 aromatic rings. The van der Waals surface area contributed by atoms with E-state index in [-0.39, 0.29) is 11.9 Å². The van der Waals surface area contributed by atoms with E-state index < -0.39 is 0 Å². The van der Waals surface area contributed by atoms with Crippen LogP contribution in [0.1, 0.15) is 34.8 Å². The number of methoxy groups -OCH3 is 1. The van der Waals surface area contributed by atoms with Crippen LogP contribution >= 0.6 is 0 Å². The maximum absolute atomic E-state index is 11.6. The topological polar surface area (TPSA) is 80.5 Å². The number of amides is 1. The summed E-state index contributed by atoms with van der Waals surface area (Å²) in [5, 5.41) is 11.0. The molecule has 0 bridgehead atoms. The van der Waals surface area contributed by atoms with Crippen molar-refractivity contribution in [3.63, 3.8) is 0 Å². The minimum Gasteiger partial charge on any atom is -0.497 e. The molecule has 3 rings (SSSR count). The van der Waals surface area contributed by atoms with E-state index in [0.717, 1.165) is 16.9 Å². The van der Waals surface area contributed by atoms with E-state index in [1.807, 2.05) is 62.5 Å². The summed E-state index contributed by atoms with van der Waals surface area (Å²) >= 11 is 0. The van der Waals surface area contributed by atoms with E-state index in [2.05, 4.69) is 20.4 Å². The fourth-order valence-corrected chi connectivity index (χ4v) is 2.77. The third kappa shape index (κ3) is 4.37. The molecule has 1 amide bonds. The Bertz CT molecular complexity index is 920. The molecule has 0 radical (unpaired) electrons. The summed E-state index contributed by atoms with van der Waals surface area (Å²) in [6.45, 7) is 2.71. The van der Waals surface area contributed by atoms with Crippen molar-refractivity contribution in [3.05, 3.63) is 65.5 Å². The predicted molar refractivity (Wildman–Crippen MR) is 106 cm³/mol. The number of ether oxygens (including phenoxy) is 1. The van der Waals surface area contributed by atoms with Crippen molar-refractivity contribution in [3.8, 4) is 17.2 Å². The molecule has 1 N–H and O–H groups in total. The van der Waals surface area contributed by atoms with Gasteiger partial charge in [0.1, 0.15) is 5.75 Å². The van der Waals surface area contributed by atoms with E-state index in [1.165, 1.54) is 0 Å². The lowest BCUT2D eigenvalue weighted by Crippen LogP contribution is -2.22. The van der Waals surface area contributed by atoms with Crippen LogP contribution in [0.2, 0.25) is 0 Å². The fourth-order valence-electron chi connectivity index (χ4n) is 2.77. The van der Waals surface area contributed by atoms with Crippen molar-refractivity contribution in [2.45, 2.75) is 19.5 Å². The van der Waals surface area contributed by atoms with Crippen molar-refractivity contribution in [2.24, 2.45) is 0 Å². The summed E-state index contributed by atoms with van der Waals surface area (Å²) in [6, 6.07) is 15.0. The van der Waals surface area contributed by atoms with E-state index >= 15 is 0 Å². The zero-order valence-electron chi connectivity index (χ0n) is 16.5. The van der Waals surface area contributed by atoms with Gasteiger partial charge in [-0.15, -0.1) is 10.2 Å². The SMILES string of the molecule is CNC(=O)c1ccc(CN(C)[C@H](C)c2nnc(-c3ccc(OC)cc3)o2)cc1. The van der Waals surface area contributed by atoms with E-state index in [1.54, 1.807) is 14.2 Å². The van der Waals surface area contributed by atoms with Crippen LogP contribution in [-0.4, -0.2) is 42.2 Å². The Hall–Kier alpha value is -3.19. The Kier molecular flexibility index (Phi) is 6.06. The number of nitrogens with zero attached hydrogens (tertiary/aromatic N) is 3. The van der Waals surface area contributed by atoms with Gasteiger partial charge in [-0.1, -0.05) is 12.1 Å². The zero-order chi connectivity index (χ0) is 20.1. The highest BCUT2D eigenvalue weighted by Gasteiger charge is 2.19. The summed E-state index contributed by atoms with van der Waals surface area (Å²) in [5.41, 5.74) is 2.58. The molecule has 0 aliphatic rings. The monoisotopic (exact) mass is 380 g/mol. The van der Waals surface area contributed by atoms with Gasteiger partial charge in [-0.25, -0.2) is 0 Å². The molecule has 7 heteroatoms. The largest absolute Gasteiger partial charge is 0.497 e. The minimum absolute atomic E-state index is 0.0573. The Morgan fingerprint density at radius 1 is 1.14 bits per heavy atom. The highest BCUT2D eigenvalue weighted by molar-refractivity contribution is 5.93. The predicted octanol–water partition coefficient (Wildman–Crippen LogP) is 3.30. The summed E-state index contributed by atoms with van der Waals surface area (Å²) in [5.74, 6) is 1.72. The molecule has 0 spiro atoms. The van der Waals surface area contributed by atoms with E-state index in [4.69, 9.17) is 9.15 Å². The van der Waals surface area contributed by atoms with Crippen LogP contribution in [0.15, 0.2) is 52.9 Å². The number of benzene rings is 2. The molecule has 0 unspecified atom stereocenters. The molecule has 0 aliphatic heterocycles. The zero-order valence-corrected chi connectivity index (χ0v) is 16.5. The smallest absolute Gasteiger partial charge is 0.251 e. The van der Waals surface area contributed by atoms with Crippen LogP contribution in [-0.2, 0) is 6.54 Å². The van der Waals surface area contributed by atoms with Gasteiger partial charge >= 0.3 is 0 Å². The Morgan fingerprint density at radius 2 is 1.82 bits per heavy atom. The first kappa shape index (κ1) is 19.6. The third-order valence-corrected chi connectivity index (χ3v) is 4.67. The van der Waals surface area contributed by atoms with Crippen LogP contribution in [0.5, 0.6) is 5.75 Å². The van der Waals surface area contributed by atoms with E-state index in [9.17, 15) is 4.79 Å². The van der Waals surface area contributed by atoms with Gasteiger partial charge in [0.2, 0.25) is 11.8 Å². The molecule has 7 nitrogen and oxygen atoms in total. The highest BCUT2D eigenvalue weighted by Crippen LogP contribution is 2.25. The lowest BCUT2D eigenvalue weighted by Gasteiger charge is -2.21. The maximum atomic E-state index is 11.6. The van der Waals surface area contributed by atoms with Crippen LogP contribution in [0.3, 0.4) is 0 Å². The van der Waals surface area contributed by atoms with Gasteiger partial charge in [-0.2, -0.15) is 0 Å². The fraction of sp³-hybridized carbons (Fsp3) is 0.286. The van der Waals surface area contributed by atoms with Crippen molar-refractivity contribution in [1.82, 2.24) is 20.4 Å². The summed E-state index contributed by atoms with van der Waals surface area (Å²) in [6.07, 6.45) is 0. The van der Waals surface area contributed by atoms with Crippen molar-refractivity contribution < 1.29 is 13.9 Å². The number of carbonyl (C=O) groups excluding carboxylic acids is 1. The standard InChI is InChI=1S/C21H24N4O3/c1-14(25(3)13-15-5-7-16(8-6-15)19(26)22-2)20-23-24-21(28-20)17-9-11-18(27-4)12-10-17/h5-12,14H,13H2,1-4H3,(H,22,26)/t14-/m1/s1. The van der Waals surface area contributed by atoms with Crippen LogP contribution in [0.25, 0.3) is 11.5 Å². The highest BCUT2D eigenvalue weighted by atomic mass is 16.5. The number of carbonyl (C=O) groups is 1. The second-order valence-corrected chi connectivity index (χ2v) is 6.54. The lowest BCUT2D eigenvalue weighted by molar-refractivity contribution is 0.0963. The molecule has 146 valence electrons. The van der Waals surface area contributed by atoms with Crippen molar-refractivity contribution in [1.29, 1.82) is 0 Å². The summed E-state index contributed by atoms with van der Waals surface area (Å²) < 4.78 is 11.0. The minimum atomic E-state index is -0.0924. The number of aromatic nitrogens is 2. The molecule has 1 heterocycles. The first-order valence-electron chi connectivity index (χ1n) is 9.01. The number of hydrogen-bond acceptors (Lipinski definition) is 6. The molecule has 1 atom stereocenters. The van der Waals surface area contributed by atoms with Gasteiger partial charge in [0.25, 0.3) is 5.91 Å². The average molecular weight is 380 g/mol. The van der Waals surface area contributed by atoms with E-state index in [0.29, 0.717) is 23.9 Å². The Balaban J connectivity index is 1.67. The molecule has 1 aromatic heterocycles. The van der Waals surface area contributed by atoms with Gasteiger partial charge in [-0.05, 0) is 55.9 Å². The van der Waals surface area contributed by atoms with Gasteiger partial charge in [0, 0.05) is 24.7 Å². The molecule has 0 saturated heterocycles. The quantitative estimate of drug-likeness (QED) is 0.677. The number of nitrogens with one attached hydrogen (secondary N) is 1. The second-order valence-electron chi connectivity index (χ2n) is 6.54. The van der Waals surface area contributed by atoms with Crippen LogP contribution in [0, 0.1) is 0 Å². The van der Waals surface area contributed by atoms with Crippen LogP contribution in [0.4, 0.5) is 0 Å². The number of hydrogen-bond donors (Lipinski definition) is 1. The molecular formula is C21H24N4O3. The summed E-state index contributed by atoms with van der Waals surface area (Å²) in [7, 11) is 5.24. The van der Waals surface area contributed by atoms with Gasteiger partial charge in [0.05, 0.1) is 13.2 Å². The van der Waals surface area contributed by atoms with Gasteiger partial charge < -0.3 is 14.5 Å². The molecule has 2 aromatic carbocycles.